The molecule has 2 amide bonds. The lowest BCUT2D eigenvalue weighted by atomic mass is 10.1. The van der Waals surface area contributed by atoms with Crippen molar-refractivity contribution in [1.82, 2.24) is 0 Å². The number of rotatable bonds is 4. The summed E-state index contributed by atoms with van der Waals surface area (Å²) in [6.45, 7) is 0.940. The number of carbonyl (C=O) groups is 2. The lowest BCUT2D eigenvalue weighted by Gasteiger charge is -2.13. The molecule has 1 N–H and O–H groups in total. The van der Waals surface area contributed by atoms with Crippen molar-refractivity contribution in [3.8, 4) is 0 Å². The summed E-state index contributed by atoms with van der Waals surface area (Å²) in [5.74, 6) is 0.546. The van der Waals surface area contributed by atoms with Gasteiger partial charge in [0.1, 0.15) is 6.61 Å². The minimum Gasteiger partial charge on any atom is -0.447 e. The molecule has 2 aromatic rings. The van der Waals surface area contributed by atoms with Crippen LogP contribution in [0.15, 0.2) is 48.5 Å². The molecule has 1 saturated carbocycles. The molecule has 1 aliphatic heterocycles. The fraction of sp³-hybridized carbons (Fsp3) is 0.263. The summed E-state index contributed by atoms with van der Waals surface area (Å²) in [6.07, 6.45) is 2.19. The van der Waals surface area contributed by atoms with Crippen LogP contribution in [-0.2, 0) is 4.74 Å². The zero-order valence-corrected chi connectivity index (χ0v) is 13.2. The Bertz CT molecular complexity index is 764. The van der Waals surface area contributed by atoms with Gasteiger partial charge in [-0.15, -0.1) is 0 Å². The first-order chi connectivity index (χ1) is 11.7. The molecule has 122 valence electrons. The Hall–Kier alpha value is -2.82. The third kappa shape index (κ3) is 2.97. The lowest BCUT2D eigenvalue weighted by molar-refractivity contribution is 0.102. The van der Waals surface area contributed by atoms with Gasteiger partial charge in [-0.05, 0) is 60.7 Å². The summed E-state index contributed by atoms with van der Waals surface area (Å²) >= 11 is 0. The third-order valence-electron chi connectivity index (χ3n) is 4.42. The van der Waals surface area contributed by atoms with Crippen molar-refractivity contribution in [1.29, 1.82) is 0 Å². The number of ether oxygens (including phenoxy) is 1. The maximum absolute atomic E-state index is 12.3. The number of carbonyl (C=O) groups excluding carboxylic acids is 2. The van der Waals surface area contributed by atoms with Crippen LogP contribution < -0.4 is 10.2 Å². The third-order valence-corrected chi connectivity index (χ3v) is 4.42. The number of nitrogens with one attached hydrogen (secondary N) is 1. The Morgan fingerprint density at radius 3 is 2.33 bits per heavy atom. The highest BCUT2D eigenvalue weighted by Gasteiger charge is 2.24. The van der Waals surface area contributed by atoms with E-state index in [-0.39, 0.29) is 12.0 Å². The first-order valence-corrected chi connectivity index (χ1v) is 8.16. The Morgan fingerprint density at radius 2 is 1.75 bits per heavy atom. The molecule has 0 spiro atoms. The molecule has 1 heterocycles. The fourth-order valence-electron chi connectivity index (χ4n) is 2.88. The van der Waals surface area contributed by atoms with Gasteiger partial charge in [0.2, 0.25) is 0 Å². The van der Waals surface area contributed by atoms with Gasteiger partial charge in [0, 0.05) is 16.9 Å². The van der Waals surface area contributed by atoms with Crippen LogP contribution in [0.1, 0.15) is 34.7 Å². The summed E-state index contributed by atoms with van der Waals surface area (Å²) in [7, 11) is 0. The van der Waals surface area contributed by atoms with E-state index in [1.54, 1.807) is 29.2 Å². The molecular formula is C19H18N2O3. The number of anilines is 2. The predicted octanol–water partition coefficient (Wildman–Crippen LogP) is 3.77. The summed E-state index contributed by atoms with van der Waals surface area (Å²) in [5, 5.41) is 2.90. The van der Waals surface area contributed by atoms with Crippen LogP contribution in [0.2, 0.25) is 0 Å². The summed E-state index contributed by atoms with van der Waals surface area (Å²) < 4.78 is 4.92. The molecule has 5 nitrogen and oxygen atoms in total. The second-order valence-corrected chi connectivity index (χ2v) is 6.16. The molecule has 1 saturated heterocycles. The van der Waals surface area contributed by atoms with Gasteiger partial charge in [-0.25, -0.2) is 4.79 Å². The summed E-state index contributed by atoms with van der Waals surface area (Å²) in [6, 6.07) is 15.0. The van der Waals surface area contributed by atoms with E-state index in [9.17, 15) is 9.59 Å². The molecule has 1 aliphatic carbocycles. The van der Waals surface area contributed by atoms with Gasteiger partial charge in [-0.3, -0.25) is 9.69 Å². The second kappa shape index (κ2) is 6.00. The highest BCUT2D eigenvalue weighted by atomic mass is 16.6. The molecule has 0 bridgehead atoms. The zero-order chi connectivity index (χ0) is 16.5. The van der Waals surface area contributed by atoms with Crippen molar-refractivity contribution in [3.05, 3.63) is 59.7 Å². The molecule has 0 atom stereocenters. The Kier molecular flexibility index (Phi) is 3.69. The smallest absolute Gasteiger partial charge is 0.414 e. The van der Waals surface area contributed by atoms with Gasteiger partial charge in [0.15, 0.2) is 0 Å². The van der Waals surface area contributed by atoms with E-state index in [0.717, 1.165) is 11.4 Å². The largest absolute Gasteiger partial charge is 0.447 e. The lowest BCUT2D eigenvalue weighted by Crippen LogP contribution is -2.23. The van der Waals surface area contributed by atoms with E-state index in [0.29, 0.717) is 24.6 Å². The van der Waals surface area contributed by atoms with E-state index in [4.69, 9.17) is 4.74 Å². The molecule has 5 heteroatoms. The Balaban J connectivity index is 1.43. The number of hydrogen-bond acceptors (Lipinski definition) is 3. The van der Waals surface area contributed by atoms with Crippen molar-refractivity contribution in [2.45, 2.75) is 18.8 Å². The van der Waals surface area contributed by atoms with E-state index < -0.39 is 0 Å². The second-order valence-electron chi connectivity index (χ2n) is 6.16. The van der Waals surface area contributed by atoms with Gasteiger partial charge in [0.25, 0.3) is 5.91 Å². The average Bonchev–Trinajstić information content (AvgIpc) is 3.37. The minimum atomic E-state index is -0.344. The van der Waals surface area contributed by atoms with E-state index >= 15 is 0 Å². The monoisotopic (exact) mass is 322 g/mol. The average molecular weight is 322 g/mol. The predicted molar refractivity (Wildman–Crippen MR) is 91.5 cm³/mol. The SMILES string of the molecule is O=C(Nc1ccc(C2CC2)cc1)c1ccc(N2CCOC2=O)cc1. The highest BCUT2D eigenvalue weighted by molar-refractivity contribution is 6.04. The topological polar surface area (TPSA) is 58.6 Å². The van der Waals surface area contributed by atoms with Crippen molar-refractivity contribution in [2.75, 3.05) is 23.4 Å². The first kappa shape index (κ1) is 14.8. The maximum atomic E-state index is 12.3. The van der Waals surface area contributed by atoms with Crippen molar-refractivity contribution >= 4 is 23.4 Å². The van der Waals surface area contributed by atoms with Gasteiger partial charge in [-0.2, -0.15) is 0 Å². The summed E-state index contributed by atoms with van der Waals surface area (Å²) in [4.78, 5) is 25.4. The van der Waals surface area contributed by atoms with Crippen LogP contribution >= 0.6 is 0 Å². The van der Waals surface area contributed by atoms with Crippen LogP contribution in [0.4, 0.5) is 16.2 Å². The van der Waals surface area contributed by atoms with Crippen LogP contribution in [0.3, 0.4) is 0 Å². The van der Waals surface area contributed by atoms with E-state index in [1.165, 1.54) is 18.4 Å². The molecule has 2 aromatic carbocycles. The molecule has 0 radical (unpaired) electrons. The highest BCUT2D eigenvalue weighted by Crippen LogP contribution is 2.40. The van der Waals surface area contributed by atoms with E-state index in [1.807, 2.05) is 12.1 Å². The molecule has 24 heavy (non-hydrogen) atoms. The molecule has 2 fully saturated rings. The molecule has 2 aliphatic rings. The van der Waals surface area contributed by atoms with Crippen LogP contribution in [-0.4, -0.2) is 25.2 Å². The van der Waals surface area contributed by atoms with Gasteiger partial charge in [-0.1, -0.05) is 12.1 Å². The Morgan fingerprint density at radius 1 is 1.04 bits per heavy atom. The standard InChI is InChI=1S/C19H18N2O3/c22-18(20-16-7-3-14(4-8-16)13-1-2-13)15-5-9-17(10-6-15)21-11-12-24-19(21)23/h3-10,13H,1-2,11-12H2,(H,20,22). The number of nitrogens with zero attached hydrogens (tertiary/aromatic N) is 1. The van der Waals surface area contributed by atoms with Crippen LogP contribution in [0, 0.1) is 0 Å². The first-order valence-electron chi connectivity index (χ1n) is 8.16. The Labute approximate surface area is 140 Å². The van der Waals surface area contributed by atoms with Crippen molar-refractivity contribution in [3.63, 3.8) is 0 Å². The molecule has 4 rings (SSSR count). The zero-order valence-electron chi connectivity index (χ0n) is 13.2. The fourth-order valence-corrected chi connectivity index (χ4v) is 2.88. The van der Waals surface area contributed by atoms with Crippen LogP contribution in [0.25, 0.3) is 0 Å². The maximum Gasteiger partial charge on any atom is 0.414 e. The summed E-state index contributed by atoms with van der Waals surface area (Å²) in [5.41, 5.74) is 3.42. The van der Waals surface area contributed by atoms with Gasteiger partial charge >= 0.3 is 6.09 Å². The normalized spacial score (nSPS) is 16.8. The number of cyclic esters (lactones) is 1. The molecular weight excluding hydrogens is 304 g/mol. The number of hydrogen-bond donors (Lipinski definition) is 1. The number of amides is 2. The van der Waals surface area contributed by atoms with Gasteiger partial charge in [0.05, 0.1) is 6.54 Å². The minimum absolute atomic E-state index is 0.162. The van der Waals surface area contributed by atoms with Crippen LogP contribution in [0.5, 0.6) is 0 Å². The van der Waals surface area contributed by atoms with Crippen molar-refractivity contribution < 1.29 is 14.3 Å². The van der Waals surface area contributed by atoms with Crippen molar-refractivity contribution in [2.24, 2.45) is 0 Å². The number of benzene rings is 2. The molecule has 0 aromatic heterocycles. The quantitative estimate of drug-likeness (QED) is 0.932. The van der Waals surface area contributed by atoms with Gasteiger partial charge < -0.3 is 10.1 Å². The molecule has 0 unspecified atom stereocenters. The van der Waals surface area contributed by atoms with E-state index in [2.05, 4.69) is 17.4 Å².